The lowest BCUT2D eigenvalue weighted by molar-refractivity contribution is -0.136. The third-order valence-corrected chi connectivity index (χ3v) is 7.51. The van der Waals surface area contributed by atoms with E-state index in [0.29, 0.717) is 37.1 Å². The van der Waals surface area contributed by atoms with Gasteiger partial charge in [-0.2, -0.15) is 0 Å². The van der Waals surface area contributed by atoms with Crippen molar-refractivity contribution >= 4 is 50.9 Å². The van der Waals surface area contributed by atoms with Crippen molar-refractivity contribution in [1.29, 1.82) is 0 Å². The molecule has 1 atom stereocenters. The highest BCUT2D eigenvalue weighted by Gasteiger charge is 2.34. The van der Waals surface area contributed by atoms with E-state index < -0.39 is 12.0 Å². The van der Waals surface area contributed by atoms with Crippen LogP contribution in [0.2, 0.25) is 5.02 Å². The minimum Gasteiger partial charge on any atom is -0.466 e. The van der Waals surface area contributed by atoms with Crippen molar-refractivity contribution in [1.82, 2.24) is 4.57 Å². The van der Waals surface area contributed by atoms with Crippen LogP contribution in [0.1, 0.15) is 24.3 Å². The summed E-state index contributed by atoms with van der Waals surface area (Å²) in [5, 5.41) is 0.438. The Labute approximate surface area is 217 Å². The van der Waals surface area contributed by atoms with Gasteiger partial charge in [0, 0.05) is 21.1 Å². The van der Waals surface area contributed by atoms with Crippen LogP contribution in [0.3, 0.4) is 0 Å². The molecule has 0 N–H and O–H groups in total. The number of hydrogen-bond acceptors (Lipinski definition) is 6. The van der Waals surface area contributed by atoms with Crippen LogP contribution in [0.5, 0.6) is 0 Å². The zero-order valence-electron chi connectivity index (χ0n) is 18.6. The van der Waals surface area contributed by atoms with Gasteiger partial charge in [0.2, 0.25) is 0 Å². The lowest BCUT2D eigenvalue weighted by atomic mass is 9.96. The molecule has 5 rings (SSSR count). The van der Waals surface area contributed by atoms with Gasteiger partial charge in [-0.05, 0) is 42.8 Å². The monoisotopic (exact) mass is 568 g/mol. The van der Waals surface area contributed by atoms with Crippen molar-refractivity contribution < 1.29 is 13.9 Å². The first-order valence-electron chi connectivity index (χ1n) is 10.6. The predicted molar refractivity (Wildman–Crippen MR) is 139 cm³/mol. The molecule has 2 aromatic carbocycles. The molecule has 0 radical (unpaired) electrons. The minimum atomic E-state index is -0.760. The SMILES string of the molecule is COC(=O)C1=C(C)N=c2s/c(=C/c3ccc(-c4ccc(Br)cc4)o3)c(=O)n2C1c1ccccc1Cl. The lowest BCUT2D eigenvalue weighted by Gasteiger charge is -2.25. The maximum absolute atomic E-state index is 13.6. The van der Waals surface area contributed by atoms with E-state index >= 15 is 0 Å². The highest BCUT2D eigenvalue weighted by atomic mass is 79.9. The predicted octanol–water partition coefficient (Wildman–Crippen LogP) is 5.08. The second-order valence-electron chi connectivity index (χ2n) is 7.80. The molecule has 0 saturated heterocycles. The Kier molecular flexibility index (Phi) is 6.35. The molecule has 0 amide bonds. The molecule has 2 aromatic heterocycles. The largest absolute Gasteiger partial charge is 0.466 e. The standard InChI is InChI=1S/C26H18BrClN2O4S/c1-14-22(25(32)33-2)23(18-5-3-4-6-19(18)28)30-24(31)21(35-26(30)29-14)13-17-11-12-20(34-17)15-7-9-16(27)10-8-15/h3-13,23H,1-2H3/b21-13+. The number of ether oxygens (including phenoxy) is 1. The zero-order valence-corrected chi connectivity index (χ0v) is 21.8. The van der Waals surface area contributed by atoms with Crippen LogP contribution in [0.4, 0.5) is 0 Å². The summed E-state index contributed by atoms with van der Waals surface area (Å²) < 4.78 is 13.9. The van der Waals surface area contributed by atoms with Crippen LogP contribution in [0.25, 0.3) is 17.4 Å². The van der Waals surface area contributed by atoms with Gasteiger partial charge in [0.25, 0.3) is 5.56 Å². The number of thiazole rings is 1. The molecule has 0 fully saturated rings. The van der Waals surface area contributed by atoms with E-state index in [2.05, 4.69) is 20.9 Å². The van der Waals surface area contributed by atoms with Crippen molar-refractivity contribution in [3.05, 3.63) is 112 Å². The average molecular weight is 570 g/mol. The summed E-state index contributed by atoms with van der Waals surface area (Å²) in [4.78, 5) is 31.4. The van der Waals surface area contributed by atoms with Crippen molar-refractivity contribution in [3.8, 4) is 11.3 Å². The summed E-state index contributed by atoms with van der Waals surface area (Å²) in [5.41, 5.74) is 1.99. The fourth-order valence-corrected chi connectivity index (χ4v) is 5.54. The highest BCUT2D eigenvalue weighted by Crippen LogP contribution is 2.34. The van der Waals surface area contributed by atoms with Gasteiger partial charge in [-0.15, -0.1) is 0 Å². The third-order valence-electron chi connectivity index (χ3n) is 5.66. The number of aromatic nitrogens is 1. The van der Waals surface area contributed by atoms with Gasteiger partial charge < -0.3 is 9.15 Å². The number of carbonyl (C=O) groups excluding carboxylic acids is 1. The topological polar surface area (TPSA) is 73.8 Å². The molecule has 0 saturated carbocycles. The third kappa shape index (κ3) is 4.33. The first-order valence-corrected chi connectivity index (χ1v) is 12.6. The van der Waals surface area contributed by atoms with E-state index in [1.54, 1.807) is 31.2 Å². The molecule has 4 aromatic rings. The number of nitrogens with zero attached hydrogens (tertiary/aromatic N) is 2. The van der Waals surface area contributed by atoms with Crippen LogP contribution in [0.15, 0.2) is 90.6 Å². The van der Waals surface area contributed by atoms with Gasteiger partial charge in [0.05, 0.1) is 22.9 Å². The van der Waals surface area contributed by atoms with Crippen LogP contribution < -0.4 is 14.9 Å². The van der Waals surface area contributed by atoms with E-state index in [1.807, 2.05) is 42.5 Å². The van der Waals surface area contributed by atoms with E-state index in [1.165, 1.54) is 23.0 Å². The Morgan fingerprint density at radius 2 is 1.91 bits per heavy atom. The molecule has 0 spiro atoms. The number of carbonyl (C=O) groups is 1. The molecule has 1 aliphatic rings. The average Bonchev–Trinajstić information content (AvgIpc) is 3.43. The van der Waals surface area contributed by atoms with E-state index in [9.17, 15) is 9.59 Å². The van der Waals surface area contributed by atoms with Crippen molar-refractivity contribution in [2.75, 3.05) is 7.11 Å². The summed E-state index contributed by atoms with van der Waals surface area (Å²) in [6.07, 6.45) is 1.69. The number of fused-ring (bicyclic) bond motifs is 1. The fourth-order valence-electron chi connectivity index (χ4n) is 4.01. The Bertz CT molecular complexity index is 1660. The molecule has 3 heterocycles. The van der Waals surface area contributed by atoms with Crippen molar-refractivity contribution in [3.63, 3.8) is 0 Å². The normalized spacial score (nSPS) is 15.7. The number of allylic oxidation sites excluding steroid dienone is 1. The molecule has 9 heteroatoms. The van der Waals surface area contributed by atoms with Crippen LogP contribution in [-0.4, -0.2) is 17.6 Å². The van der Waals surface area contributed by atoms with Crippen LogP contribution >= 0.6 is 38.9 Å². The number of furan rings is 1. The smallest absolute Gasteiger partial charge is 0.338 e. The minimum absolute atomic E-state index is 0.273. The van der Waals surface area contributed by atoms with Gasteiger partial charge in [-0.25, -0.2) is 9.79 Å². The van der Waals surface area contributed by atoms with Gasteiger partial charge in [-0.3, -0.25) is 9.36 Å². The zero-order chi connectivity index (χ0) is 24.7. The van der Waals surface area contributed by atoms with Crippen LogP contribution in [-0.2, 0) is 9.53 Å². The molecular weight excluding hydrogens is 552 g/mol. The molecule has 176 valence electrons. The molecule has 1 unspecified atom stereocenters. The van der Waals surface area contributed by atoms with Crippen molar-refractivity contribution in [2.45, 2.75) is 13.0 Å². The number of hydrogen-bond donors (Lipinski definition) is 0. The second kappa shape index (κ2) is 9.45. The second-order valence-corrected chi connectivity index (χ2v) is 10.1. The van der Waals surface area contributed by atoms with E-state index in [-0.39, 0.29) is 11.1 Å². The molecule has 0 bridgehead atoms. The summed E-state index contributed by atoms with van der Waals surface area (Å²) in [6.45, 7) is 1.73. The van der Waals surface area contributed by atoms with Gasteiger partial charge in [0.15, 0.2) is 4.80 Å². The maximum atomic E-state index is 13.6. The highest BCUT2D eigenvalue weighted by molar-refractivity contribution is 9.10. The number of halogens is 2. The number of methoxy groups -OCH3 is 1. The fraction of sp³-hybridized carbons (Fsp3) is 0.115. The number of benzene rings is 2. The van der Waals surface area contributed by atoms with E-state index in [0.717, 1.165) is 10.0 Å². The summed E-state index contributed by atoms with van der Waals surface area (Å²) in [5.74, 6) is 0.663. The number of esters is 1. The van der Waals surface area contributed by atoms with Gasteiger partial charge in [0.1, 0.15) is 17.6 Å². The summed E-state index contributed by atoms with van der Waals surface area (Å²) in [6, 6.07) is 17.8. The molecule has 35 heavy (non-hydrogen) atoms. The molecular formula is C26H18BrClN2O4S. The van der Waals surface area contributed by atoms with Gasteiger partial charge >= 0.3 is 5.97 Å². The van der Waals surface area contributed by atoms with Crippen molar-refractivity contribution in [2.24, 2.45) is 4.99 Å². The molecule has 6 nitrogen and oxygen atoms in total. The molecule has 0 aliphatic carbocycles. The van der Waals surface area contributed by atoms with Gasteiger partial charge in [-0.1, -0.05) is 69.2 Å². The lowest BCUT2D eigenvalue weighted by Crippen LogP contribution is -2.39. The summed E-state index contributed by atoms with van der Waals surface area (Å²) in [7, 11) is 1.30. The Hall–Kier alpha value is -3.20. The first kappa shape index (κ1) is 23.5. The van der Waals surface area contributed by atoms with Crippen LogP contribution in [0, 0.1) is 0 Å². The Balaban J connectivity index is 1.66. The number of rotatable bonds is 4. The molecule has 1 aliphatic heterocycles. The first-order chi connectivity index (χ1) is 16.9. The Morgan fingerprint density at radius 1 is 1.17 bits per heavy atom. The Morgan fingerprint density at radius 3 is 2.63 bits per heavy atom. The van der Waals surface area contributed by atoms with E-state index in [4.69, 9.17) is 20.8 Å². The quantitative estimate of drug-likeness (QED) is 0.321. The maximum Gasteiger partial charge on any atom is 0.338 e. The summed E-state index contributed by atoms with van der Waals surface area (Å²) >= 11 is 11.2.